The number of hydrogen-bond donors (Lipinski definition) is 0. The Morgan fingerprint density at radius 2 is 0.571 bits per heavy atom. The zero-order valence-corrected chi connectivity index (χ0v) is 18.2. The van der Waals surface area contributed by atoms with Crippen LogP contribution in [-0.4, -0.2) is 41.5 Å². The van der Waals surface area contributed by atoms with Crippen LogP contribution in [-0.2, 0) is 36.0 Å². The number of rotatable bonds is 3. The van der Waals surface area contributed by atoms with Gasteiger partial charge >= 0.3 is 119 Å². The van der Waals surface area contributed by atoms with Crippen molar-refractivity contribution in [2.24, 2.45) is 0 Å². The van der Waals surface area contributed by atoms with E-state index >= 15 is 0 Å². The predicted octanol–water partition coefficient (Wildman–Crippen LogP) is 0.344. The van der Waals surface area contributed by atoms with E-state index in [2.05, 4.69) is 118 Å². The molecule has 3 aromatic rings. The van der Waals surface area contributed by atoms with Gasteiger partial charge < -0.3 is 0 Å². The average molecular weight is 476 g/mol. The normalized spacial score (nSPS) is 7.75. The third-order valence-corrected chi connectivity index (χ3v) is 10.0. The Balaban J connectivity index is -0.000000622. The minimum atomic E-state index is -1.87. The summed E-state index contributed by atoms with van der Waals surface area (Å²) in [6, 6.07) is 32.9. The summed E-state index contributed by atoms with van der Waals surface area (Å²) < 4.78 is 4.56. The van der Waals surface area contributed by atoms with Gasteiger partial charge in [0.15, 0.2) is 0 Å². The molecular weight excluding hydrogens is 460 g/mol. The van der Waals surface area contributed by atoms with Crippen LogP contribution in [0.15, 0.2) is 91.0 Å². The molecule has 0 amide bonds. The first-order valence-electron chi connectivity index (χ1n) is 7.41. The van der Waals surface area contributed by atoms with E-state index in [4.69, 9.17) is 19.2 Å². The van der Waals surface area contributed by atoms with Crippen molar-refractivity contribution >= 4 is 54.7 Å². The van der Waals surface area contributed by atoms with Crippen molar-refractivity contribution in [1.29, 1.82) is 0 Å². The van der Waals surface area contributed by atoms with Crippen LogP contribution in [0.1, 0.15) is 0 Å². The fraction of sp³-hybridized carbons (Fsp3) is 0. The summed E-state index contributed by atoms with van der Waals surface area (Å²) in [7, 11) is 0. The van der Waals surface area contributed by atoms with Gasteiger partial charge in [-0.15, -0.1) is 0 Å². The van der Waals surface area contributed by atoms with Crippen molar-refractivity contribution in [1.82, 2.24) is 0 Å². The summed E-state index contributed by atoms with van der Waals surface area (Å²) in [6.45, 7) is 18.0. The molecule has 4 nitrogen and oxygen atoms in total. The molecular formula is C22H16CoGeO4. The molecule has 0 N–H and O–H groups in total. The van der Waals surface area contributed by atoms with E-state index in [1.54, 1.807) is 0 Å². The first kappa shape index (κ1) is 30.1. The van der Waals surface area contributed by atoms with E-state index in [0.717, 1.165) is 0 Å². The van der Waals surface area contributed by atoms with Gasteiger partial charge in [-0.05, 0) is 0 Å². The molecule has 0 saturated heterocycles. The Labute approximate surface area is 181 Å². The molecule has 0 atom stereocenters. The van der Waals surface area contributed by atoms with E-state index in [9.17, 15) is 0 Å². The second kappa shape index (κ2) is 22.4. The Hall–Kier alpha value is -2.61. The summed E-state index contributed by atoms with van der Waals surface area (Å²) in [5, 5.41) is 0. The summed E-state index contributed by atoms with van der Waals surface area (Å²) in [5.41, 5.74) is 0. The Bertz CT molecular complexity index is 598. The van der Waals surface area contributed by atoms with Gasteiger partial charge in [-0.25, -0.2) is 0 Å². The third-order valence-electron chi connectivity index (χ3n) is 3.40. The maximum atomic E-state index is 7.50. The van der Waals surface area contributed by atoms with Crippen molar-refractivity contribution in [2.75, 3.05) is 0 Å². The first-order valence-corrected chi connectivity index (χ1v) is 11.0. The molecule has 0 aromatic heterocycles. The molecule has 0 spiro atoms. The molecule has 9 radical (unpaired) electrons. The van der Waals surface area contributed by atoms with E-state index in [-0.39, 0.29) is 16.8 Å². The zero-order valence-electron chi connectivity index (χ0n) is 14.7. The molecule has 0 aliphatic rings. The molecule has 3 aromatic carbocycles. The Morgan fingerprint density at radius 3 is 0.750 bits per heavy atom. The van der Waals surface area contributed by atoms with Crippen LogP contribution >= 0.6 is 0 Å². The Morgan fingerprint density at radius 1 is 0.393 bits per heavy atom. The van der Waals surface area contributed by atoms with Crippen molar-refractivity contribution < 1.29 is 36.0 Å². The first-order chi connectivity index (χ1) is 13.4. The second-order valence-corrected chi connectivity index (χ2v) is 10.7. The number of carbonyl (C=O) groups excluding carboxylic acids is 4. The molecule has 0 saturated carbocycles. The maximum absolute atomic E-state index is 7.50. The SMILES string of the molecule is [C]=O.[C]=O.[C]=O.[C]=O.[Co].c1cc[c]([GeH]([c]2ccccc2)[c]2ccccc2)cc1. The summed E-state index contributed by atoms with van der Waals surface area (Å²) in [5.74, 6) is 0. The van der Waals surface area contributed by atoms with E-state index in [0.29, 0.717) is 0 Å². The van der Waals surface area contributed by atoms with Crippen LogP contribution in [0.3, 0.4) is 0 Å². The summed E-state index contributed by atoms with van der Waals surface area (Å²) >= 11 is -1.87. The van der Waals surface area contributed by atoms with Crippen LogP contribution in [0.5, 0.6) is 0 Å². The van der Waals surface area contributed by atoms with Crippen molar-refractivity contribution in [3.8, 4) is 0 Å². The predicted molar refractivity (Wildman–Crippen MR) is 108 cm³/mol. The molecule has 0 unspecified atom stereocenters. The standard InChI is InChI=1S/C18H16Ge.4CO.Co/c1-4-10-16(11-5-1)19(17-12-6-2-7-13-17)18-14-8-3-9-15-18;4*1-2;/h1-15,19H;;;;;. The fourth-order valence-corrected chi connectivity index (χ4v) is 8.76. The van der Waals surface area contributed by atoms with Gasteiger partial charge in [0.2, 0.25) is 0 Å². The average Bonchev–Trinajstić information content (AvgIpc) is 2.82. The van der Waals surface area contributed by atoms with E-state index in [1.165, 1.54) is 13.2 Å². The van der Waals surface area contributed by atoms with Crippen LogP contribution in [0.2, 0.25) is 0 Å². The summed E-state index contributed by atoms with van der Waals surface area (Å²) in [4.78, 5) is 30.0. The van der Waals surface area contributed by atoms with Gasteiger partial charge in [0, 0.05) is 16.8 Å². The molecule has 0 aliphatic carbocycles. The second-order valence-electron chi connectivity index (χ2n) is 4.67. The van der Waals surface area contributed by atoms with E-state index in [1.807, 2.05) is 0 Å². The van der Waals surface area contributed by atoms with Crippen molar-refractivity contribution in [3.05, 3.63) is 91.0 Å². The van der Waals surface area contributed by atoms with Gasteiger partial charge in [0.25, 0.3) is 27.2 Å². The molecule has 0 aliphatic heterocycles. The van der Waals surface area contributed by atoms with E-state index < -0.39 is 14.3 Å². The monoisotopic (exact) mass is 477 g/mol. The Kier molecular flexibility index (Phi) is 24.1. The van der Waals surface area contributed by atoms with Crippen LogP contribution in [0.4, 0.5) is 0 Å². The van der Waals surface area contributed by atoms with Crippen LogP contribution in [0, 0.1) is 0 Å². The molecule has 0 heterocycles. The van der Waals surface area contributed by atoms with Gasteiger partial charge in [0.05, 0.1) is 0 Å². The van der Waals surface area contributed by atoms with Gasteiger partial charge in [0.1, 0.15) is 0 Å². The zero-order chi connectivity index (χ0) is 20.9. The molecule has 0 bridgehead atoms. The van der Waals surface area contributed by atoms with Crippen LogP contribution in [0.25, 0.3) is 0 Å². The summed E-state index contributed by atoms with van der Waals surface area (Å²) in [6.07, 6.45) is 0. The van der Waals surface area contributed by atoms with Crippen molar-refractivity contribution in [2.45, 2.75) is 0 Å². The number of hydrogen-bond acceptors (Lipinski definition) is 4. The molecule has 6 heteroatoms. The molecule has 141 valence electrons. The topological polar surface area (TPSA) is 68.3 Å². The van der Waals surface area contributed by atoms with Crippen LogP contribution < -0.4 is 13.2 Å². The van der Waals surface area contributed by atoms with Gasteiger partial charge in [-0.3, -0.25) is 19.2 Å². The number of benzene rings is 3. The fourth-order valence-electron chi connectivity index (χ4n) is 2.51. The molecule has 28 heavy (non-hydrogen) atoms. The van der Waals surface area contributed by atoms with Gasteiger partial charge in [-0.2, -0.15) is 0 Å². The van der Waals surface area contributed by atoms with Crippen molar-refractivity contribution in [3.63, 3.8) is 0 Å². The molecule has 3 rings (SSSR count). The quantitative estimate of drug-likeness (QED) is 0.513. The molecule has 0 fully saturated rings. The van der Waals surface area contributed by atoms with Gasteiger partial charge in [-0.1, -0.05) is 0 Å². The third kappa shape index (κ3) is 10.5. The minimum absolute atomic E-state index is 0.